The number of ketones is 1. The lowest BCUT2D eigenvalue weighted by Gasteiger charge is -2.07. The Kier molecular flexibility index (Phi) is 11.0. The van der Waals surface area contributed by atoms with Gasteiger partial charge in [-0.05, 0) is 6.42 Å². The molecule has 0 spiro atoms. The Labute approximate surface area is 122 Å². The highest BCUT2D eigenvalue weighted by Crippen LogP contribution is 2.11. The van der Waals surface area contributed by atoms with E-state index in [4.69, 9.17) is 4.55 Å². The van der Waals surface area contributed by atoms with Crippen LogP contribution in [0.2, 0.25) is 0 Å². The Morgan fingerprint density at radius 2 is 1.40 bits per heavy atom. The average Bonchev–Trinajstić information content (AvgIpc) is 2.34. The van der Waals surface area contributed by atoms with E-state index in [0.29, 0.717) is 6.42 Å². The van der Waals surface area contributed by atoms with E-state index >= 15 is 0 Å². The average molecular weight is 308 g/mol. The number of carbonyl (C=O) groups is 1. The van der Waals surface area contributed by atoms with Crippen molar-refractivity contribution in [3.05, 3.63) is 0 Å². The maximum atomic E-state index is 11.4. The van der Waals surface area contributed by atoms with E-state index in [9.17, 15) is 18.3 Å². The van der Waals surface area contributed by atoms with Crippen LogP contribution in [0.15, 0.2) is 0 Å². The molecule has 0 radical (unpaired) electrons. The summed E-state index contributed by atoms with van der Waals surface area (Å²) in [6.07, 6.45) is 8.68. The van der Waals surface area contributed by atoms with Crippen molar-refractivity contribution in [3.63, 3.8) is 0 Å². The van der Waals surface area contributed by atoms with Crippen LogP contribution in [0.4, 0.5) is 0 Å². The summed E-state index contributed by atoms with van der Waals surface area (Å²) >= 11 is 0. The van der Waals surface area contributed by atoms with Crippen molar-refractivity contribution in [3.8, 4) is 0 Å². The third-order valence-electron chi connectivity index (χ3n) is 3.27. The van der Waals surface area contributed by atoms with Crippen LogP contribution in [0.1, 0.15) is 71.1 Å². The lowest BCUT2D eigenvalue weighted by atomic mass is 10.0. The Morgan fingerprint density at radius 1 is 0.950 bits per heavy atom. The van der Waals surface area contributed by atoms with Crippen molar-refractivity contribution in [2.45, 2.75) is 77.2 Å². The molecule has 0 aliphatic heterocycles. The topological polar surface area (TPSA) is 91.7 Å². The first-order valence-corrected chi connectivity index (χ1v) is 9.13. The summed E-state index contributed by atoms with van der Waals surface area (Å²) in [6.45, 7) is 2.19. The van der Waals surface area contributed by atoms with Crippen LogP contribution in [-0.4, -0.2) is 35.7 Å². The highest BCUT2D eigenvalue weighted by Gasteiger charge is 2.20. The van der Waals surface area contributed by atoms with E-state index in [0.717, 1.165) is 19.3 Å². The SMILES string of the molecule is CCCCCCCCCCCC(=O)C(O)CS(=O)(=O)O. The lowest BCUT2D eigenvalue weighted by molar-refractivity contribution is -0.126. The maximum absolute atomic E-state index is 11.4. The summed E-state index contributed by atoms with van der Waals surface area (Å²) in [5.74, 6) is -1.41. The van der Waals surface area contributed by atoms with E-state index in [1.165, 1.54) is 32.1 Å². The first kappa shape index (κ1) is 19.5. The predicted molar refractivity (Wildman–Crippen MR) is 79.3 cm³/mol. The third-order valence-corrected chi connectivity index (χ3v) is 4.00. The van der Waals surface area contributed by atoms with Gasteiger partial charge in [0.1, 0.15) is 11.9 Å². The van der Waals surface area contributed by atoms with Gasteiger partial charge in [-0.15, -0.1) is 0 Å². The Hall–Kier alpha value is -0.460. The third kappa shape index (κ3) is 12.6. The Bertz CT molecular complexity index is 351. The first-order valence-electron chi connectivity index (χ1n) is 7.52. The molecule has 0 bridgehead atoms. The van der Waals surface area contributed by atoms with Gasteiger partial charge in [0.05, 0.1) is 0 Å². The Balaban J connectivity index is 3.48. The molecule has 0 aliphatic carbocycles. The zero-order valence-electron chi connectivity index (χ0n) is 12.4. The molecule has 6 heteroatoms. The van der Waals surface area contributed by atoms with Gasteiger partial charge in [-0.3, -0.25) is 9.35 Å². The second-order valence-corrected chi connectivity index (χ2v) is 6.81. The number of aliphatic hydroxyl groups is 1. The van der Waals surface area contributed by atoms with Gasteiger partial charge in [0.2, 0.25) is 0 Å². The van der Waals surface area contributed by atoms with E-state index in [2.05, 4.69) is 6.92 Å². The molecule has 0 aromatic carbocycles. The number of Topliss-reactive ketones (excluding diaryl/α,β-unsaturated/α-hetero) is 1. The molecule has 1 unspecified atom stereocenters. The number of rotatable bonds is 13. The molecular weight excluding hydrogens is 280 g/mol. The van der Waals surface area contributed by atoms with Gasteiger partial charge in [-0.1, -0.05) is 58.3 Å². The number of aliphatic hydroxyl groups excluding tert-OH is 1. The minimum absolute atomic E-state index is 0.173. The predicted octanol–water partition coefficient (Wildman–Crippen LogP) is 2.73. The zero-order chi connectivity index (χ0) is 15.4. The van der Waals surface area contributed by atoms with Gasteiger partial charge >= 0.3 is 0 Å². The molecule has 20 heavy (non-hydrogen) atoms. The number of hydrogen-bond acceptors (Lipinski definition) is 4. The molecule has 2 N–H and O–H groups in total. The van der Waals surface area contributed by atoms with Gasteiger partial charge in [-0.2, -0.15) is 8.42 Å². The minimum atomic E-state index is -4.29. The zero-order valence-corrected chi connectivity index (χ0v) is 13.2. The molecule has 120 valence electrons. The number of hydrogen-bond donors (Lipinski definition) is 2. The smallest absolute Gasteiger partial charge is 0.267 e. The van der Waals surface area contributed by atoms with E-state index in [1.807, 2.05) is 0 Å². The van der Waals surface area contributed by atoms with Crippen LogP contribution in [0.25, 0.3) is 0 Å². The van der Waals surface area contributed by atoms with Crippen LogP contribution in [-0.2, 0) is 14.9 Å². The lowest BCUT2D eigenvalue weighted by Crippen LogP contribution is -2.28. The van der Waals surface area contributed by atoms with Crippen LogP contribution < -0.4 is 0 Å². The molecule has 0 aliphatic rings. The highest BCUT2D eigenvalue weighted by atomic mass is 32.2. The highest BCUT2D eigenvalue weighted by molar-refractivity contribution is 7.85. The van der Waals surface area contributed by atoms with Gasteiger partial charge in [0, 0.05) is 6.42 Å². The summed E-state index contributed by atoms with van der Waals surface area (Å²) in [7, 11) is -4.29. The normalized spacial score (nSPS) is 13.3. The van der Waals surface area contributed by atoms with Crippen molar-refractivity contribution >= 4 is 15.9 Å². The fourth-order valence-corrected chi connectivity index (χ4v) is 2.65. The van der Waals surface area contributed by atoms with Crippen molar-refractivity contribution in [1.29, 1.82) is 0 Å². The van der Waals surface area contributed by atoms with E-state index in [-0.39, 0.29) is 6.42 Å². The minimum Gasteiger partial charge on any atom is -0.384 e. The van der Waals surface area contributed by atoms with Crippen molar-refractivity contribution in [2.75, 3.05) is 5.75 Å². The summed E-state index contributed by atoms with van der Waals surface area (Å²) < 4.78 is 29.6. The molecule has 1 atom stereocenters. The summed E-state index contributed by atoms with van der Waals surface area (Å²) in [6, 6.07) is 0. The molecule has 0 aromatic heterocycles. The van der Waals surface area contributed by atoms with Gasteiger partial charge in [0.25, 0.3) is 10.1 Å². The monoisotopic (exact) mass is 308 g/mol. The molecule has 0 fully saturated rings. The van der Waals surface area contributed by atoms with E-state index < -0.39 is 27.8 Å². The summed E-state index contributed by atoms with van der Waals surface area (Å²) in [5.41, 5.74) is 0. The van der Waals surface area contributed by atoms with Crippen molar-refractivity contribution < 1.29 is 22.9 Å². The molecule has 0 amide bonds. The van der Waals surface area contributed by atoms with Crippen molar-refractivity contribution in [2.24, 2.45) is 0 Å². The second-order valence-electron chi connectivity index (χ2n) is 5.31. The summed E-state index contributed by atoms with van der Waals surface area (Å²) in [5, 5.41) is 9.29. The molecular formula is C14H28O5S. The molecule has 0 aromatic rings. The largest absolute Gasteiger partial charge is 0.384 e. The first-order chi connectivity index (χ1) is 9.37. The fourth-order valence-electron chi connectivity index (χ4n) is 2.07. The molecule has 0 heterocycles. The second kappa shape index (κ2) is 11.2. The van der Waals surface area contributed by atoms with Crippen molar-refractivity contribution in [1.82, 2.24) is 0 Å². The fraction of sp³-hybridized carbons (Fsp3) is 0.929. The van der Waals surface area contributed by atoms with Crippen LogP contribution in [0.3, 0.4) is 0 Å². The Morgan fingerprint density at radius 3 is 1.85 bits per heavy atom. The van der Waals surface area contributed by atoms with Crippen LogP contribution in [0.5, 0.6) is 0 Å². The quantitative estimate of drug-likeness (QED) is 0.403. The molecule has 5 nitrogen and oxygen atoms in total. The molecule has 0 rings (SSSR count). The van der Waals surface area contributed by atoms with Gasteiger partial charge in [-0.25, -0.2) is 0 Å². The van der Waals surface area contributed by atoms with Crippen LogP contribution >= 0.6 is 0 Å². The van der Waals surface area contributed by atoms with Crippen LogP contribution in [0, 0.1) is 0 Å². The molecule has 0 saturated heterocycles. The van der Waals surface area contributed by atoms with Gasteiger partial charge in [0.15, 0.2) is 5.78 Å². The van der Waals surface area contributed by atoms with Gasteiger partial charge < -0.3 is 5.11 Å². The standard InChI is InChI=1S/C14H28O5S/c1-2-3-4-5-6-7-8-9-10-11-13(15)14(16)12-20(17,18)19/h14,16H,2-12H2,1H3,(H,17,18,19). The molecule has 0 saturated carbocycles. The number of carbonyl (C=O) groups excluding carboxylic acids is 1. The summed E-state index contributed by atoms with van der Waals surface area (Å²) in [4.78, 5) is 11.4. The maximum Gasteiger partial charge on any atom is 0.267 e. The van der Waals surface area contributed by atoms with E-state index in [1.54, 1.807) is 0 Å². The number of unbranched alkanes of at least 4 members (excludes halogenated alkanes) is 8.